The number of hydrogen-bond donors (Lipinski definition) is 6. The van der Waals surface area contributed by atoms with Crippen LogP contribution in [0.25, 0.3) is 0 Å². The van der Waals surface area contributed by atoms with Crippen LogP contribution in [0.4, 0.5) is 0 Å². The van der Waals surface area contributed by atoms with Gasteiger partial charge in [-0.05, 0) is 116 Å². The zero-order valence-corrected chi connectivity index (χ0v) is 62.0. The van der Waals surface area contributed by atoms with Crippen molar-refractivity contribution in [1.29, 1.82) is 0 Å². The summed E-state index contributed by atoms with van der Waals surface area (Å²) in [5.74, 6) is -11.6. The smallest absolute Gasteiger partial charge is 0.246 e. The fourth-order valence-corrected chi connectivity index (χ4v) is 12.0. The molecule has 28 heteroatoms. The molecule has 0 spiro atoms. The Kier molecular flexibility index (Phi) is 34.7. The van der Waals surface area contributed by atoms with E-state index in [1.54, 1.807) is 74.7 Å². The van der Waals surface area contributed by atoms with Crippen LogP contribution in [0, 0.1) is 45.6 Å². The average molecular weight is 1350 g/mol. The number of likely N-dealkylation sites (N-methyl/N-ethyl adjacent to an activating group) is 8. The molecular formula is C67H121N13O15. The number of amides is 11. The number of carbonyl (C=O) groups excluding carboxylic acids is 11. The number of aliphatic hydroxyl groups is 2. The molecule has 0 aromatic rings. The lowest BCUT2D eigenvalue weighted by atomic mass is 9.91. The molecular weight excluding hydrogens is 1230 g/mol. The van der Waals surface area contributed by atoms with Crippen molar-refractivity contribution >= 4 is 65.0 Å². The van der Waals surface area contributed by atoms with E-state index in [4.69, 9.17) is 0 Å². The lowest BCUT2D eigenvalue weighted by Crippen LogP contribution is -2.64. The van der Waals surface area contributed by atoms with Crippen LogP contribution in [-0.2, 0) is 52.7 Å². The Labute approximate surface area is 565 Å². The summed E-state index contributed by atoms with van der Waals surface area (Å²) in [6.45, 7) is 28.0. The van der Waals surface area contributed by atoms with Gasteiger partial charge in [0.25, 0.3) is 0 Å². The van der Waals surface area contributed by atoms with E-state index in [0.29, 0.717) is 0 Å². The number of carbonyl (C=O) groups is 11. The minimum Gasteiger partial charge on any atom is -0.390 e. The molecule has 14 atom stereocenters. The fourth-order valence-electron chi connectivity index (χ4n) is 12.0. The van der Waals surface area contributed by atoms with Crippen LogP contribution in [0.15, 0.2) is 12.2 Å². The van der Waals surface area contributed by atoms with Gasteiger partial charge in [0, 0.05) is 67.1 Å². The third-order valence-corrected chi connectivity index (χ3v) is 17.7. The first kappa shape index (κ1) is 86.2. The molecule has 0 bridgehead atoms. The topological polar surface area (TPSA) is 345 Å². The van der Waals surface area contributed by atoms with E-state index < -0.39 is 185 Å². The molecule has 1 heterocycles. The Morgan fingerprint density at radius 3 is 1.37 bits per heavy atom. The van der Waals surface area contributed by atoms with Crippen molar-refractivity contribution in [2.75, 3.05) is 70.0 Å². The van der Waals surface area contributed by atoms with Gasteiger partial charge in [-0.3, -0.25) is 62.9 Å². The molecule has 6 N–H and O–H groups in total. The number of nitro groups is 1. The second kappa shape index (κ2) is 38.2. The van der Waals surface area contributed by atoms with E-state index in [1.807, 2.05) is 41.5 Å². The summed E-state index contributed by atoms with van der Waals surface area (Å²) in [6, 6.07) is -17.1. The Hall–Kier alpha value is -6.81. The van der Waals surface area contributed by atoms with Gasteiger partial charge in [0.15, 0.2) is 0 Å². The van der Waals surface area contributed by atoms with Gasteiger partial charge in [0.05, 0.1) is 18.2 Å². The SMILES string of the molecule is CC=CC[C@@H](C)[C@@H](O)[C@H]1C(=O)N[C@@H](CC)C(=O)N(C)[C@H](CC(CN(C)C)[N+](=O)[O-])C(=O)N(C)[C@@H](CC(C)(C)O)C(=O)N[C@@H](C(C)C)C(=O)N(C)[C@@H](CC(C)C)C(=O)N[C@@H](C)C(=O)N[C@H](C)C(=O)N(C)[C@@H](CC(C)C)C(=O)N(C)[C@@H](CC(C)C)C(=O)N(C)[C@@H](C(C)C)C(=O)N1C. The first-order valence-corrected chi connectivity index (χ1v) is 33.5. The highest BCUT2D eigenvalue weighted by Crippen LogP contribution is 2.27. The maximum absolute atomic E-state index is 15.4. The Morgan fingerprint density at radius 2 is 0.937 bits per heavy atom. The summed E-state index contributed by atoms with van der Waals surface area (Å²) in [5, 5.41) is 47.3. The van der Waals surface area contributed by atoms with E-state index in [0.717, 1.165) is 19.6 Å². The average Bonchev–Trinajstić information content (AvgIpc) is 0.817. The van der Waals surface area contributed by atoms with Gasteiger partial charge in [-0.1, -0.05) is 95.2 Å². The molecule has 95 heavy (non-hydrogen) atoms. The van der Waals surface area contributed by atoms with Crippen LogP contribution in [0.1, 0.15) is 163 Å². The number of hydrogen-bond acceptors (Lipinski definition) is 16. The lowest BCUT2D eigenvalue weighted by molar-refractivity contribution is -0.524. The van der Waals surface area contributed by atoms with E-state index in [2.05, 4.69) is 21.3 Å². The van der Waals surface area contributed by atoms with Crippen LogP contribution in [0.3, 0.4) is 0 Å². The molecule has 11 amide bonds. The van der Waals surface area contributed by atoms with Crippen molar-refractivity contribution in [3.63, 3.8) is 0 Å². The molecule has 1 unspecified atom stereocenters. The number of rotatable bonds is 20. The number of allylic oxidation sites excluding steroid dienone is 2. The highest BCUT2D eigenvalue weighted by molar-refractivity contribution is 6.00. The van der Waals surface area contributed by atoms with E-state index in [-0.39, 0.29) is 56.4 Å². The highest BCUT2D eigenvalue weighted by atomic mass is 16.6. The Morgan fingerprint density at radius 1 is 0.526 bits per heavy atom. The summed E-state index contributed by atoms with van der Waals surface area (Å²) in [7, 11) is 12.5. The largest absolute Gasteiger partial charge is 0.390 e. The van der Waals surface area contributed by atoms with Gasteiger partial charge < -0.3 is 70.7 Å². The molecule has 0 aromatic heterocycles. The zero-order valence-electron chi connectivity index (χ0n) is 62.0. The molecule has 544 valence electrons. The maximum atomic E-state index is 15.4. The molecule has 1 rings (SSSR count). The van der Waals surface area contributed by atoms with Gasteiger partial charge >= 0.3 is 0 Å². The second-order valence-electron chi connectivity index (χ2n) is 29.1. The van der Waals surface area contributed by atoms with Crippen LogP contribution >= 0.6 is 0 Å². The Bertz CT molecular complexity index is 2660. The quantitative estimate of drug-likeness (QED) is 0.0579. The van der Waals surface area contributed by atoms with Crippen LogP contribution in [0.2, 0.25) is 0 Å². The van der Waals surface area contributed by atoms with Gasteiger partial charge in [-0.15, -0.1) is 0 Å². The molecule has 0 saturated carbocycles. The standard InChI is InChI=1S/C67H121N13O15/c1-27-29-30-42(13)55(81)54-59(85)70-46(28-2)61(87)75(22)50(34-45(80(94)95)36-72(18)19)63(89)77(24)51(35-67(16,17)93)58(84)71-52(40(9)10)65(91)73(20)47(31-37(3)4)57(83)68-43(14)56(82)69-44(15)60(86)74(21)48(32-38(5)6)62(88)76(23)49(33-39(7)8)64(90)78(25)53(41(11)12)66(92)79(54)26/h27,29,37-55,81,93H,28,30-36H2,1-26H3,(H,68,83)(H,69,82)(H,70,85)(H,71,84)/t42-,43+,44-,45?,46+,47+,48+,49+,50-,51+,52+,53+,54+,55-/m1/s1. The third kappa shape index (κ3) is 24.7. The van der Waals surface area contributed by atoms with Crippen molar-refractivity contribution in [3.8, 4) is 0 Å². The van der Waals surface area contributed by atoms with Gasteiger partial charge in [0.1, 0.15) is 66.5 Å². The minimum absolute atomic E-state index is 0.0697. The number of nitrogens with zero attached hydrogens (tertiary/aromatic N) is 9. The molecule has 1 aliphatic rings. The Balaban J connectivity index is 4.67. The summed E-state index contributed by atoms with van der Waals surface area (Å²) in [4.78, 5) is 186. The van der Waals surface area contributed by atoms with Crippen molar-refractivity contribution in [2.24, 2.45) is 35.5 Å². The number of nitrogens with one attached hydrogen (secondary N) is 4. The summed E-state index contributed by atoms with van der Waals surface area (Å²) in [6.07, 6.45) is 1.13. The van der Waals surface area contributed by atoms with E-state index >= 15 is 28.8 Å². The molecule has 28 nitrogen and oxygen atoms in total. The van der Waals surface area contributed by atoms with Crippen LogP contribution in [-0.4, -0.2) is 273 Å². The zero-order chi connectivity index (χ0) is 73.9. The predicted octanol–water partition coefficient (Wildman–Crippen LogP) is 2.35. The summed E-state index contributed by atoms with van der Waals surface area (Å²) in [5.41, 5.74) is -1.70. The van der Waals surface area contributed by atoms with Gasteiger partial charge in [-0.25, -0.2) is 0 Å². The highest BCUT2D eigenvalue weighted by Gasteiger charge is 2.47. The molecule has 1 fully saturated rings. The normalized spacial score (nSPS) is 26.6. The van der Waals surface area contributed by atoms with E-state index in [9.17, 15) is 44.3 Å². The van der Waals surface area contributed by atoms with Gasteiger partial charge in [0.2, 0.25) is 71.0 Å². The predicted molar refractivity (Wildman–Crippen MR) is 363 cm³/mol. The first-order chi connectivity index (χ1) is 43.6. The molecule has 1 aliphatic heterocycles. The maximum Gasteiger partial charge on any atom is 0.246 e. The first-order valence-electron chi connectivity index (χ1n) is 33.5. The van der Waals surface area contributed by atoms with Crippen LogP contribution in [0.5, 0.6) is 0 Å². The lowest BCUT2D eigenvalue weighted by Gasteiger charge is -2.41. The van der Waals surface area contributed by atoms with Crippen molar-refractivity contribution in [1.82, 2.24) is 60.5 Å². The van der Waals surface area contributed by atoms with Crippen molar-refractivity contribution in [3.05, 3.63) is 22.3 Å². The van der Waals surface area contributed by atoms with E-state index in [1.165, 1.54) is 96.6 Å². The molecule has 0 aromatic carbocycles. The monoisotopic (exact) mass is 1350 g/mol. The third-order valence-electron chi connectivity index (χ3n) is 17.7. The van der Waals surface area contributed by atoms with Crippen LogP contribution < -0.4 is 21.3 Å². The van der Waals surface area contributed by atoms with Crippen molar-refractivity contribution in [2.45, 2.75) is 247 Å². The van der Waals surface area contributed by atoms with Gasteiger partial charge in [-0.2, -0.15) is 0 Å². The summed E-state index contributed by atoms with van der Waals surface area (Å²) < 4.78 is 0. The molecule has 1 saturated heterocycles. The number of aliphatic hydroxyl groups excluding tert-OH is 1. The second-order valence-corrected chi connectivity index (χ2v) is 29.1. The fraction of sp³-hybridized carbons (Fsp3) is 0.806. The van der Waals surface area contributed by atoms with Crippen molar-refractivity contribution < 1.29 is 67.9 Å². The molecule has 0 aliphatic carbocycles. The molecule has 0 radical (unpaired) electrons. The minimum atomic E-state index is -1.75. The summed E-state index contributed by atoms with van der Waals surface area (Å²) >= 11 is 0.